The maximum absolute atomic E-state index is 10.6. The number of carboxylic acids is 1. The highest BCUT2D eigenvalue weighted by molar-refractivity contribution is 5.85. The Morgan fingerprint density at radius 1 is 1.33 bits per heavy atom. The molecule has 0 aromatic heterocycles. The maximum Gasteiger partial charge on any atom is 0.303 e. The SMILES string of the molecule is Cl.NCCC(CC(=O)O)c1ccccc1. The van der Waals surface area contributed by atoms with Gasteiger partial charge in [0.25, 0.3) is 0 Å². The van der Waals surface area contributed by atoms with Crippen LogP contribution in [0.25, 0.3) is 0 Å². The van der Waals surface area contributed by atoms with Gasteiger partial charge in [0.1, 0.15) is 0 Å². The molecule has 1 unspecified atom stereocenters. The fourth-order valence-electron chi connectivity index (χ4n) is 1.52. The smallest absolute Gasteiger partial charge is 0.303 e. The van der Waals surface area contributed by atoms with E-state index < -0.39 is 5.97 Å². The lowest BCUT2D eigenvalue weighted by Gasteiger charge is -2.13. The molecule has 0 aliphatic carbocycles. The van der Waals surface area contributed by atoms with Gasteiger partial charge in [-0.2, -0.15) is 0 Å². The zero-order valence-electron chi connectivity index (χ0n) is 8.43. The summed E-state index contributed by atoms with van der Waals surface area (Å²) in [7, 11) is 0. The molecule has 1 atom stereocenters. The minimum Gasteiger partial charge on any atom is -0.481 e. The quantitative estimate of drug-likeness (QED) is 0.812. The Labute approximate surface area is 95.7 Å². The van der Waals surface area contributed by atoms with Gasteiger partial charge in [-0.3, -0.25) is 4.79 Å². The van der Waals surface area contributed by atoms with E-state index in [1.165, 1.54) is 0 Å². The van der Waals surface area contributed by atoms with Gasteiger partial charge in [0, 0.05) is 0 Å². The van der Waals surface area contributed by atoms with Crippen molar-refractivity contribution in [1.29, 1.82) is 0 Å². The fourth-order valence-corrected chi connectivity index (χ4v) is 1.52. The molecule has 3 nitrogen and oxygen atoms in total. The molecule has 1 rings (SSSR count). The Balaban J connectivity index is 0.00000196. The largest absolute Gasteiger partial charge is 0.481 e. The molecule has 0 saturated carbocycles. The fraction of sp³-hybridized carbons (Fsp3) is 0.364. The van der Waals surface area contributed by atoms with Crippen LogP contribution in [0.4, 0.5) is 0 Å². The van der Waals surface area contributed by atoms with Crippen LogP contribution >= 0.6 is 12.4 Å². The van der Waals surface area contributed by atoms with Gasteiger partial charge in [0.15, 0.2) is 0 Å². The first-order chi connectivity index (χ1) is 6.74. The number of carbonyl (C=O) groups is 1. The molecule has 84 valence electrons. The predicted molar refractivity (Wildman–Crippen MR) is 62.4 cm³/mol. The zero-order valence-corrected chi connectivity index (χ0v) is 9.24. The van der Waals surface area contributed by atoms with Gasteiger partial charge in [-0.15, -0.1) is 12.4 Å². The molecule has 1 aromatic carbocycles. The molecule has 0 heterocycles. The van der Waals surface area contributed by atoms with E-state index in [-0.39, 0.29) is 24.7 Å². The van der Waals surface area contributed by atoms with Crippen molar-refractivity contribution in [2.24, 2.45) is 5.73 Å². The van der Waals surface area contributed by atoms with E-state index >= 15 is 0 Å². The average Bonchev–Trinajstić information content (AvgIpc) is 2.18. The monoisotopic (exact) mass is 229 g/mol. The molecule has 0 saturated heterocycles. The van der Waals surface area contributed by atoms with E-state index in [0.717, 1.165) is 12.0 Å². The molecule has 4 heteroatoms. The first-order valence-corrected chi connectivity index (χ1v) is 4.71. The Kier molecular flexibility index (Phi) is 6.75. The third-order valence-electron chi connectivity index (χ3n) is 2.21. The molecule has 0 amide bonds. The van der Waals surface area contributed by atoms with Crippen molar-refractivity contribution in [1.82, 2.24) is 0 Å². The van der Waals surface area contributed by atoms with Crippen LogP contribution in [-0.4, -0.2) is 17.6 Å². The van der Waals surface area contributed by atoms with E-state index in [4.69, 9.17) is 10.8 Å². The van der Waals surface area contributed by atoms with Crippen molar-refractivity contribution >= 4 is 18.4 Å². The summed E-state index contributed by atoms with van der Waals surface area (Å²) in [5.41, 5.74) is 6.51. The molecule has 0 bridgehead atoms. The number of benzene rings is 1. The van der Waals surface area contributed by atoms with Gasteiger partial charge in [-0.05, 0) is 24.4 Å². The van der Waals surface area contributed by atoms with Gasteiger partial charge >= 0.3 is 5.97 Å². The molecular formula is C11H16ClNO2. The molecule has 0 fully saturated rings. The lowest BCUT2D eigenvalue weighted by Crippen LogP contribution is -2.11. The number of aliphatic carboxylic acids is 1. The normalized spacial score (nSPS) is 11.5. The summed E-state index contributed by atoms with van der Waals surface area (Å²) in [5.74, 6) is -0.731. The average molecular weight is 230 g/mol. The lowest BCUT2D eigenvalue weighted by molar-refractivity contribution is -0.137. The summed E-state index contributed by atoms with van der Waals surface area (Å²) in [5, 5.41) is 8.73. The van der Waals surface area contributed by atoms with Gasteiger partial charge in [0.2, 0.25) is 0 Å². The van der Waals surface area contributed by atoms with Gasteiger partial charge in [-0.25, -0.2) is 0 Å². The Morgan fingerprint density at radius 2 is 1.93 bits per heavy atom. The summed E-state index contributed by atoms with van der Waals surface area (Å²) in [6, 6.07) is 9.65. The highest BCUT2D eigenvalue weighted by Crippen LogP contribution is 2.22. The van der Waals surface area contributed by atoms with Crippen molar-refractivity contribution in [2.75, 3.05) is 6.54 Å². The number of halogens is 1. The van der Waals surface area contributed by atoms with E-state index in [2.05, 4.69) is 0 Å². The highest BCUT2D eigenvalue weighted by atomic mass is 35.5. The van der Waals surface area contributed by atoms with Gasteiger partial charge in [0.05, 0.1) is 6.42 Å². The van der Waals surface area contributed by atoms with Crippen molar-refractivity contribution in [2.45, 2.75) is 18.8 Å². The number of rotatable bonds is 5. The summed E-state index contributed by atoms with van der Waals surface area (Å²) in [4.78, 5) is 10.6. The first kappa shape index (κ1) is 13.9. The molecule has 0 aliphatic heterocycles. The van der Waals surface area contributed by atoms with Crippen molar-refractivity contribution in [3.63, 3.8) is 0 Å². The molecule has 0 spiro atoms. The van der Waals surface area contributed by atoms with Crippen molar-refractivity contribution in [3.05, 3.63) is 35.9 Å². The Hall–Kier alpha value is -1.06. The molecule has 0 radical (unpaired) electrons. The van der Waals surface area contributed by atoms with Crippen LogP contribution in [0, 0.1) is 0 Å². The Bertz CT molecular complexity index is 290. The van der Waals surface area contributed by atoms with Crippen LogP contribution in [0.1, 0.15) is 24.3 Å². The van der Waals surface area contributed by atoms with E-state index in [1.807, 2.05) is 30.3 Å². The molecular weight excluding hydrogens is 214 g/mol. The maximum atomic E-state index is 10.6. The summed E-state index contributed by atoms with van der Waals surface area (Å²) in [6.07, 6.45) is 0.873. The molecule has 15 heavy (non-hydrogen) atoms. The molecule has 1 aromatic rings. The van der Waals surface area contributed by atoms with E-state index in [1.54, 1.807) is 0 Å². The second kappa shape index (κ2) is 7.26. The lowest BCUT2D eigenvalue weighted by atomic mass is 9.93. The topological polar surface area (TPSA) is 63.3 Å². The number of hydrogen-bond acceptors (Lipinski definition) is 2. The van der Waals surface area contributed by atoms with Crippen LogP contribution in [0.3, 0.4) is 0 Å². The van der Waals surface area contributed by atoms with Crippen molar-refractivity contribution in [3.8, 4) is 0 Å². The van der Waals surface area contributed by atoms with Crippen molar-refractivity contribution < 1.29 is 9.90 Å². The summed E-state index contributed by atoms with van der Waals surface area (Å²) in [6.45, 7) is 0.521. The minimum atomic E-state index is -0.771. The van der Waals surface area contributed by atoms with Crippen LogP contribution in [-0.2, 0) is 4.79 Å². The van der Waals surface area contributed by atoms with Crippen LogP contribution in [0.2, 0.25) is 0 Å². The number of hydrogen-bond donors (Lipinski definition) is 2. The van der Waals surface area contributed by atoms with Gasteiger partial charge < -0.3 is 10.8 Å². The summed E-state index contributed by atoms with van der Waals surface area (Å²) < 4.78 is 0. The minimum absolute atomic E-state index is 0. The highest BCUT2D eigenvalue weighted by Gasteiger charge is 2.13. The number of nitrogens with two attached hydrogens (primary N) is 1. The van der Waals surface area contributed by atoms with Crippen LogP contribution < -0.4 is 5.73 Å². The zero-order chi connectivity index (χ0) is 10.4. The third-order valence-corrected chi connectivity index (χ3v) is 2.21. The second-order valence-electron chi connectivity index (χ2n) is 3.28. The van der Waals surface area contributed by atoms with Crippen LogP contribution in [0.5, 0.6) is 0 Å². The Morgan fingerprint density at radius 3 is 2.40 bits per heavy atom. The second-order valence-corrected chi connectivity index (χ2v) is 3.28. The van der Waals surface area contributed by atoms with E-state index in [0.29, 0.717) is 6.54 Å². The predicted octanol–water partition coefficient (Wildman–Crippen LogP) is 2.02. The molecule has 0 aliphatic rings. The third kappa shape index (κ3) is 4.81. The first-order valence-electron chi connectivity index (χ1n) is 4.71. The number of carboxylic acid groups (broad SMARTS) is 1. The van der Waals surface area contributed by atoms with Gasteiger partial charge in [-0.1, -0.05) is 30.3 Å². The van der Waals surface area contributed by atoms with E-state index in [9.17, 15) is 4.79 Å². The van der Waals surface area contributed by atoms with Crippen LogP contribution in [0.15, 0.2) is 30.3 Å². The standard InChI is InChI=1S/C11H15NO2.ClH/c12-7-6-10(8-11(13)14)9-4-2-1-3-5-9;/h1-5,10H,6-8,12H2,(H,13,14);1H. The summed E-state index contributed by atoms with van der Waals surface area (Å²) >= 11 is 0. The molecule has 3 N–H and O–H groups in total.